The number of nitrogens with two attached hydrogens (primary N) is 4. The Morgan fingerprint density at radius 2 is 1.62 bits per heavy atom. The van der Waals surface area contributed by atoms with E-state index in [4.69, 9.17) is 32.4 Å². The zero-order valence-electron chi connectivity index (χ0n) is 35.8. The van der Waals surface area contributed by atoms with E-state index >= 15 is 0 Å². The Morgan fingerprint density at radius 1 is 0.950 bits per heavy atom. The minimum atomic E-state index is -4.29. The molecule has 5 rings (SSSR count). The third kappa shape index (κ3) is 10.8. The summed E-state index contributed by atoms with van der Waals surface area (Å²) in [6.07, 6.45) is 3.44. The SMILES string of the molecule is Cc1c(C)c(S(=O)(=O)N[C@@H](Cc2cn(C(=O)[C@H](CCCN=C(N)N)NC(=O)[C@@H](N)Cc3ccc(OC(C)(C)C)cc3)c3ccccc23)C(N)=O)c(C)c2c1OC(C)(C)CC2. The maximum absolute atomic E-state index is 14.5. The Balaban J connectivity index is 1.41. The molecule has 2 heterocycles. The van der Waals surface area contributed by atoms with Crippen LogP contribution < -0.4 is 42.4 Å². The van der Waals surface area contributed by atoms with E-state index in [0.29, 0.717) is 63.9 Å². The van der Waals surface area contributed by atoms with Crippen LogP contribution in [0.1, 0.15) is 92.1 Å². The molecule has 1 aromatic heterocycles. The number of nitrogens with zero attached hydrogens (tertiary/aromatic N) is 2. The number of fused-ring (bicyclic) bond motifs is 2. The molecule has 0 saturated carbocycles. The lowest BCUT2D eigenvalue weighted by Gasteiger charge is -2.35. The summed E-state index contributed by atoms with van der Waals surface area (Å²) in [7, 11) is -4.29. The molecule has 3 aromatic carbocycles. The number of aliphatic imine (C=N–C) groups is 1. The first-order chi connectivity index (χ1) is 28.0. The van der Waals surface area contributed by atoms with Crippen molar-refractivity contribution in [3.05, 3.63) is 88.1 Å². The summed E-state index contributed by atoms with van der Waals surface area (Å²) in [5.74, 6) is -0.648. The average Bonchev–Trinajstić information content (AvgIpc) is 3.52. The fourth-order valence-corrected chi connectivity index (χ4v) is 9.39. The first-order valence-electron chi connectivity index (χ1n) is 20.1. The number of amides is 2. The van der Waals surface area contributed by atoms with Crippen molar-refractivity contribution in [1.82, 2.24) is 14.6 Å². The number of benzene rings is 3. The van der Waals surface area contributed by atoms with Crippen molar-refractivity contribution in [3.63, 3.8) is 0 Å². The highest BCUT2D eigenvalue weighted by atomic mass is 32.2. The van der Waals surface area contributed by atoms with E-state index in [9.17, 15) is 22.8 Å². The molecular formula is C44H60N8O7S. The monoisotopic (exact) mass is 844 g/mol. The van der Waals surface area contributed by atoms with Crippen LogP contribution in [-0.2, 0) is 38.9 Å². The fourth-order valence-electron chi connectivity index (χ4n) is 7.61. The number of rotatable bonds is 16. The third-order valence-electron chi connectivity index (χ3n) is 10.7. The molecular weight excluding hydrogens is 785 g/mol. The lowest BCUT2D eigenvalue weighted by Crippen LogP contribution is -2.50. The van der Waals surface area contributed by atoms with Gasteiger partial charge in [-0.05, 0) is 145 Å². The quantitative estimate of drug-likeness (QED) is 0.0538. The molecule has 60 heavy (non-hydrogen) atoms. The maximum Gasteiger partial charge on any atom is 0.253 e. The number of para-hydroxylation sites is 1. The number of ether oxygens (including phenoxy) is 2. The second-order valence-electron chi connectivity index (χ2n) is 17.2. The van der Waals surface area contributed by atoms with Gasteiger partial charge in [0.25, 0.3) is 5.91 Å². The predicted molar refractivity (Wildman–Crippen MR) is 234 cm³/mol. The molecule has 0 unspecified atom stereocenters. The van der Waals surface area contributed by atoms with Crippen LogP contribution in [0.3, 0.4) is 0 Å². The summed E-state index contributed by atoms with van der Waals surface area (Å²) in [6.45, 7) is 15.4. The summed E-state index contributed by atoms with van der Waals surface area (Å²) in [6, 6.07) is 10.9. The third-order valence-corrected chi connectivity index (χ3v) is 12.5. The van der Waals surface area contributed by atoms with Gasteiger partial charge in [0, 0.05) is 18.1 Å². The van der Waals surface area contributed by atoms with E-state index in [2.05, 4.69) is 15.0 Å². The van der Waals surface area contributed by atoms with E-state index in [0.717, 1.165) is 11.1 Å². The van der Waals surface area contributed by atoms with E-state index < -0.39 is 51.5 Å². The second-order valence-corrected chi connectivity index (χ2v) is 18.9. The van der Waals surface area contributed by atoms with Gasteiger partial charge in [-0.1, -0.05) is 30.3 Å². The van der Waals surface area contributed by atoms with Crippen molar-refractivity contribution >= 4 is 44.6 Å². The van der Waals surface area contributed by atoms with Crippen LogP contribution in [-0.4, -0.2) is 72.5 Å². The number of nitrogens with one attached hydrogen (secondary N) is 2. The Hall–Kier alpha value is -5.45. The van der Waals surface area contributed by atoms with Gasteiger partial charge >= 0.3 is 0 Å². The van der Waals surface area contributed by atoms with Gasteiger partial charge in [-0.3, -0.25) is 23.9 Å². The van der Waals surface area contributed by atoms with Crippen LogP contribution in [0.15, 0.2) is 64.6 Å². The lowest BCUT2D eigenvalue weighted by atomic mass is 9.88. The lowest BCUT2D eigenvalue weighted by molar-refractivity contribution is -0.123. The summed E-state index contributed by atoms with van der Waals surface area (Å²) in [4.78, 5) is 45.2. The molecule has 324 valence electrons. The van der Waals surface area contributed by atoms with Gasteiger partial charge in [-0.25, -0.2) is 8.42 Å². The molecule has 15 nitrogen and oxygen atoms in total. The van der Waals surface area contributed by atoms with Crippen LogP contribution in [0.2, 0.25) is 0 Å². The summed E-state index contributed by atoms with van der Waals surface area (Å²) < 4.78 is 44.6. The predicted octanol–water partition coefficient (Wildman–Crippen LogP) is 3.97. The van der Waals surface area contributed by atoms with Crippen molar-refractivity contribution in [2.45, 2.75) is 128 Å². The second kappa shape index (κ2) is 18.0. The number of primary amides is 1. The number of carbonyl (C=O) groups excluding carboxylic acids is 3. The molecule has 10 N–H and O–H groups in total. The maximum atomic E-state index is 14.5. The first kappa shape index (κ1) is 45.6. The van der Waals surface area contributed by atoms with Gasteiger partial charge < -0.3 is 37.7 Å². The van der Waals surface area contributed by atoms with Gasteiger partial charge in [-0.15, -0.1) is 0 Å². The molecule has 0 bridgehead atoms. The van der Waals surface area contributed by atoms with E-state index in [1.807, 2.05) is 65.8 Å². The Bertz CT molecular complexity index is 2400. The average molecular weight is 845 g/mol. The van der Waals surface area contributed by atoms with Gasteiger partial charge in [0.1, 0.15) is 34.8 Å². The molecule has 0 fully saturated rings. The molecule has 4 aromatic rings. The van der Waals surface area contributed by atoms with Crippen LogP contribution in [0, 0.1) is 20.8 Å². The van der Waals surface area contributed by atoms with Gasteiger partial charge in [0.05, 0.1) is 16.5 Å². The summed E-state index contributed by atoms with van der Waals surface area (Å²) >= 11 is 0. The normalized spacial score (nSPS) is 15.3. The number of hydrogen-bond donors (Lipinski definition) is 6. The topological polar surface area (TPSA) is 249 Å². The molecule has 0 radical (unpaired) electrons. The summed E-state index contributed by atoms with van der Waals surface area (Å²) in [5, 5.41) is 3.44. The van der Waals surface area contributed by atoms with Crippen LogP contribution in [0.4, 0.5) is 0 Å². The zero-order chi connectivity index (χ0) is 44.3. The van der Waals surface area contributed by atoms with Crippen molar-refractivity contribution in [2.24, 2.45) is 27.9 Å². The molecule has 1 aliphatic heterocycles. The number of carbonyl (C=O) groups is 3. The highest BCUT2D eigenvalue weighted by Crippen LogP contribution is 2.42. The number of sulfonamides is 1. The molecule has 3 atom stereocenters. The minimum absolute atomic E-state index is 0.0787. The molecule has 16 heteroatoms. The first-order valence-corrected chi connectivity index (χ1v) is 21.6. The highest BCUT2D eigenvalue weighted by Gasteiger charge is 2.35. The fraction of sp³-hybridized carbons (Fsp3) is 0.455. The number of aromatic nitrogens is 1. The number of guanidine groups is 1. The van der Waals surface area contributed by atoms with Crippen LogP contribution in [0.25, 0.3) is 10.9 Å². The smallest absolute Gasteiger partial charge is 0.253 e. The Labute approximate surface area is 352 Å². The molecule has 0 saturated heterocycles. The van der Waals surface area contributed by atoms with Crippen molar-refractivity contribution in [3.8, 4) is 11.5 Å². The van der Waals surface area contributed by atoms with Gasteiger partial charge in [0.15, 0.2) is 5.96 Å². The summed E-state index contributed by atoms with van der Waals surface area (Å²) in [5.41, 5.74) is 26.9. The minimum Gasteiger partial charge on any atom is -0.488 e. The Kier molecular flexibility index (Phi) is 13.7. The van der Waals surface area contributed by atoms with Crippen LogP contribution in [0.5, 0.6) is 11.5 Å². The van der Waals surface area contributed by atoms with Crippen molar-refractivity contribution in [1.29, 1.82) is 0 Å². The highest BCUT2D eigenvalue weighted by molar-refractivity contribution is 7.89. The van der Waals surface area contributed by atoms with Crippen molar-refractivity contribution in [2.75, 3.05) is 6.54 Å². The molecule has 1 aliphatic rings. The standard InChI is InChI=1S/C44H60N8O7S/c1-25-26(2)38(27(3)31-19-20-44(7,8)59-37(25)31)60(56,57)51-35(39(46)53)23-29-24-52(36-14-10-9-12-32(29)36)41(55)34(13-11-21-49-42(47)48)50-40(54)33(45)22-28-15-17-30(18-16-28)58-43(4,5)6/h9-10,12,14-18,24,33-35,51H,11,13,19-23,45H2,1-8H3,(H2,46,53)(H,50,54)(H4,47,48,49)/t33-,34-,35-/m0/s1. The molecule has 2 amide bonds. The van der Waals surface area contributed by atoms with E-state index in [1.54, 1.807) is 44.3 Å². The van der Waals surface area contributed by atoms with Gasteiger partial charge in [0.2, 0.25) is 21.8 Å². The Morgan fingerprint density at radius 3 is 2.25 bits per heavy atom. The molecule has 0 spiro atoms. The number of hydrogen-bond acceptors (Lipinski definition) is 9. The largest absolute Gasteiger partial charge is 0.488 e. The van der Waals surface area contributed by atoms with Crippen molar-refractivity contribution < 1.29 is 32.3 Å². The van der Waals surface area contributed by atoms with Crippen LogP contribution >= 0.6 is 0 Å². The zero-order valence-corrected chi connectivity index (χ0v) is 36.7. The molecule has 0 aliphatic carbocycles. The van der Waals surface area contributed by atoms with Gasteiger partial charge in [-0.2, -0.15) is 4.72 Å². The van der Waals surface area contributed by atoms with E-state index in [-0.39, 0.29) is 42.3 Å². The van der Waals surface area contributed by atoms with E-state index in [1.165, 1.54) is 4.57 Å².